The van der Waals surface area contributed by atoms with E-state index in [1.54, 1.807) is 0 Å². The van der Waals surface area contributed by atoms with E-state index >= 15 is 0 Å². The van der Waals surface area contributed by atoms with Gasteiger partial charge in [-0.2, -0.15) is 0 Å². The fourth-order valence-corrected chi connectivity index (χ4v) is 8.17. The normalized spacial score (nSPS) is 50.1. The molecule has 24 nitrogen and oxygen atoms in total. The summed E-state index contributed by atoms with van der Waals surface area (Å²) in [6.07, 6.45) is -21.0. The molecule has 6 rings (SSSR count). The lowest BCUT2D eigenvalue weighted by molar-refractivity contribution is -0.308. The van der Waals surface area contributed by atoms with Gasteiger partial charge in [-0.05, 0) is 32.4 Å². The predicted octanol–water partition coefficient (Wildman–Crippen LogP) is -10.5. The summed E-state index contributed by atoms with van der Waals surface area (Å²) in [6, 6.07) is -5.76. The van der Waals surface area contributed by atoms with Crippen molar-refractivity contribution in [2.24, 2.45) is 28.7 Å². The molecule has 6 aliphatic rings. The summed E-state index contributed by atoms with van der Waals surface area (Å²) in [5.41, 5.74) is 27.5. The van der Waals surface area contributed by atoms with Gasteiger partial charge in [0.15, 0.2) is 24.5 Å². The van der Waals surface area contributed by atoms with Crippen molar-refractivity contribution in [1.82, 2.24) is 16.0 Å². The van der Waals surface area contributed by atoms with Crippen LogP contribution in [0.15, 0.2) is 0 Å². The quantitative estimate of drug-likeness (QED) is 0.0773. The number of aliphatic hydroxyl groups excluding tert-OH is 7. The summed E-state index contributed by atoms with van der Waals surface area (Å²) in [5.74, 6) is -0.860. The first-order chi connectivity index (χ1) is 26.9. The van der Waals surface area contributed by atoms with Crippen LogP contribution in [0, 0.1) is 0 Å². The van der Waals surface area contributed by atoms with E-state index in [1.165, 1.54) is 0 Å². The maximum atomic E-state index is 13.0. The molecule has 4 aliphatic heterocycles. The Kier molecular flexibility index (Phi) is 14.5. The standard InChI is InChI=1S/C33H62N8O16/c34-7-13-20(44)22(46)17(37)28(52-13)56-26-15(9-42)54-30(24(26)48)57-27-19(43)12(41-31(49)33(51)6-16(33)36)5-11(35)25(27)55-29-18(38)23(47)21(45)14(53-29)8-40-10-32(50)1-3-39-4-2-32/h11-30,39-40,42-48,50-51H,1-10,34-38H2,(H,41,49)/t11-,12+,13-,14+,15+,16?,17+,18+,19-,20+,21+,22+,23+,24+,25+,26+,27+,28+,29+,30-,33?/m0/s1. The van der Waals surface area contributed by atoms with Crippen LogP contribution in [0.1, 0.15) is 25.7 Å². The molecular formula is C33H62N8O16. The van der Waals surface area contributed by atoms with Gasteiger partial charge in [-0.3, -0.25) is 4.79 Å². The number of aliphatic hydroxyl groups is 9. The summed E-state index contributed by atoms with van der Waals surface area (Å²) < 4.78 is 35.8. The molecule has 22 N–H and O–H groups in total. The van der Waals surface area contributed by atoms with Gasteiger partial charge in [0.1, 0.15) is 73.2 Å². The zero-order valence-corrected chi connectivity index (χ0v) is 31.4. The van der Waals surface area contributed by atoms with Crippen molar-refractivity contribution in [3.63, 3.8) is 0 Å². The summed E-state index contributed by atoms with van der Waals surface area (Å²) >= 11 is 0. The molecule has 330 valence electrons. The Morgan fingerprint density at radius 1 is 0.737 bits per heavy atom. The van der Waals surface area contributed by atoms with E-state index in [0.717, 1.165) is 0 Å². The van der Waals surface area contributed by atoms with Gasteiger partial charge < -0.3 is 119 Å². The van der Waals surface area contributed by atoms with E-state index in [0.29, 0.717) is 25.9 Å². The number of ether oxygens (including phenoxy) is 6. The lowest BCUT2D eigenvalue weighted by atomic mass is 9.83. The van der Waals surface area contributed by atoms with Crippen molar-refractivity contribution in [3.8, 4) is 0 Å². The minimum absolute atomic E-state index is 0.0145. The van der Waals surface area contributed by atoms with Gasteiger partial charge >= 0.3 is 0 Å². The number of nitrogens with one attached hydrogen (secondary N) is 3. The van der Waals surface area contributed by atoms with Gasteiger partial charge in [-0.1, -0.05) is 0 Å². The van der Waals surface area contributed by atoms with Crippen molar-refractivity contribution in [3.05, 3.63) is 0 Å². The molecular weight excluding hydrogens is 764 g/mol. The lowest BCUT2D eigenvalue weighted by Gasteiger charge is -2.48. The third kappa shape index (κ3) is 9.42. The highest BCUT2D eigenvalue weighted by molar-refractivity contribution is 5.89. The molecule has 0 radical (unpaired) electrons. The maximum absolute atomic E-state index is 13.0. The monoisotopic (exact) mass is 826 g/mol. The molecule has 0 spiro atoms. The molecule has 2 aliphatic carbocycles. The van der Waals surface area contributed by atoms with Crippen LogP contribution in [0.2, 0.25) is 0 Å². The molecule has 4 saturated heterocycles. The van der Waals surface area contributed by atoms with E-state index in [2.05, 4.69) is 16.0 Å². The second-order valence-corrected chi connectivity index (χ2v) is 16.3. The molecule has 0 aromatic carbocycles. The largest absolute Gasteiger partial charge is 0.394 e. The summed E-state index contributed by atoms with van der Waals surface area (Å²) in [6.45, 7) is 0.468. The maximum Gasteiger partial charge on any atom is 0.253 e. The average molecular weight is 827 g/mol. The number of hydrogen-bond acceptors (Lipinski definition) is 23. The minimum Gasteiger partial charge on any atom is -0.394 e. The molecule has 21 atom stereocenters. The molecule has 24 heteroatoms. The van der Waals surface area contributed by atoms with Crippen LogP contribution in [0.5, 0.6) is 0 Å². The third-order valence-electron chi connectivity index (χ3n) is 12.1. The van der Waals surface area contributed by atoms with Crippen molar-refractivity contribution < 1.29 is 79.2 Å². The van der Waals surface area contributed by atoms with Gasteiger partial charge in [-0.25, -0.2) is 0 Å². The van der Waals surface area contributed by atoms with E-state index in [-0.39, 0.29) is 32.5 Å². The fraction of sp³-hybridized carbons (Fsp3) is 0.970. The van der Waals surface area contributed by atoms with Crippen molar-refractivity contribution in [1.29, 1.82) is 0 Å². The lowest BCUT2D eigenvalue weighted by Crippen LogP contribution is -2.69. The van der Waals surface area contributed by atoms with E-state index in [9.17, 15) is 50.8 Å². The van der Waals surface area contributed by atoms with Crippen LogP contribution < -0.4 is 44.6 Å². The van der Waals surface area contributed by atoms with Crippen LogP contribution in [-0.4, -0.2) is 225 Å². The first-order valence-corrected chi connectivity index (χ1v) is 19.4. The fourth-order valence-electron chi connectivity index (χ4n) is 8.17. The van der Waals surface area contributed by atoms with Crippen LogP contribution in [0.25, 0.3) is 0 Å². The van der Waals surface area contributed by atoms with Gasteiger partial charge in [-0.15, -0.1) is 0 Å². The topological polar surface area (TPSA) is 421 Å². The highest BCUT2D eigenvalue weighted by atomic mass is 16.8. The molecule has 0 aromatic rings. The van der Waals surface area contributed by atoms with E-state index < -0.39 is 146 Å². The van der Waals surface area contributed by atoms with Crippen LogP contribution in [0.4, 0.5) is 0 Å². The number of rotatable bonds is 14. The van der Waals surface area contributed by atoms with E-state index in [1.807, 2.05) is 0 Å². The molecule has 4 heterocycles. The SMILES string of the molecule is NC[C@@H]1O[C@H](O[C@H]2[C@@H](O)[C@H](O[C@@H]3[C@@H](O)[C@H](NC(=O)C4(O)CC4N)C[C@H](N)[C@H]3O[C@H]3O[C@H](CNCC4(O)CCNCC4)[C@@H](O)[C@H](O)[C@H]3N)O[C@@H]2CO)[C@H](N)[C@@H](O)[C@@H]1O. The van der Waals surface area contributed by atoms with Gasteiger partial charge in [0.2, 0.25) is 0 Å². The Hall–Kier alpha value is -1.41. The number of carbonyl (C=O) groups is 1. The number of carbonyl (C=O) groups excluding carboxylic acids is 1. The Morgan fingerprint density at radius 2 is 1.28 bits per heavy atom. The molecule has 57 heavy (non-hydrogen) atoms. The van der Waals surface area contributed by atoms with Gasteiger partial charge in [0, 0.05) is 38.1 Å². The van der Waals surface area contributed by atoms with Crippen LogP contribution >= 0.6 is 0 Å². The molecule has 0 bridgehead atoms. The summed E-state index contributed by atoms with van der Waals surface area (Å²) in [5, 5.41) is 106. The first-order valence-electron chi connectivity index (χ1n) is 19.4. The predicted molar refractivity (Wildman–Crippen MR) is 191 cm³/mol. The summed E-state index contributed by atoms with van der Waals surface area (Å²) in [7, 11) is 0. The van der Waals surface area contributed by atoms with Crippen molar-refractivity contribution >= 4 is 5.91 Å². The highest BCUT2D eigenvalue weighted by Crippen LogP contribution is 2.37. The van der Waals surface area contributed by atoms with Crippen LogP contribution in [0.3, 0.4) is 0 Å². The Morgan fingerprint density at radius 3 is 1.86 bits per heavy atom. The second-order valence-electron chi connectivity index (χ2n) is 16.3. The number of nitrogens with two attached hydrogens (primary N) is 5. The highest BCUT2D eigenvalue weighted by Gasteiger charge is 2.59. The Balaban J connectivity index is 1.19. The average Bonchev–Trinajstić information content (AvgIpc) is 3.71. The molecule has 2 unspecified atom stereocenters. The van der Waals surface area contributed by atoms with E-state index in [4.69, 9.17) is 57.1 Å². The zero-order chi connectivity index (χ0) is 41.6. The molecule has 1 amide bonds. The Bertz CT molecular complexity index is 1340. The first kappa shape index (κ1) is 45.1. The zero-order valence-electron chi connectivity index (χ0n) is 31.4. The van der Waals surface area contributed by atoms with Gasteiger partial charge in [0.25, 0.3) is 5.91 Å². The molecule has 0 aromatic heterocycles. The van der Waals surface area contributed by atoms with Crippen molar-refractivity contribution in [2.75, 3.05) is 39.3 Å². The second kappa shape index (κ2) is 18.3. The smallest absolute Gasteiger partial charge is 0.253 e. The number of amides is 1. The van der Waals surface area contributed by atoms with Crippen LogP contribution in [-0.2, 0) is 33.2 Å². The minimum atomic E-state index is -1.86. The Labute approximate surface area is 328 Å². The summed E-state index contributed by atoms with van der Waals surface area (Å²) in [4.78, 5) is 13.0. The number of hydrogen-bond donors (Lipinski definition) is 17. The molecule has 2 saturated carbocycles. The third-order valence-corrected chi connectivity index (χ3v) is 12.1. The molecule has 6 fully saturated rings. The van der Waals surface area contributed by atoms with Gasteiger partial charge in [0.05, 0.1) is 30.3 Å². The number of piperidine rings is 1. The van der Waals surface area contributed by atoms with Crippen molar-refractivity contribution in [2.45, 2.75) is 159 Å².